The number of piperidine rings is 1. The summed E-state index contributed by atoms with van der Waals surface area (Å²) in [4.78, 5) is 19.3. The van der Waals surface area contributed by atoms with Gasteiger partial charge < -0.3 is 4.90 Å². The summed E-state index contributed by atoms with van der Waals surface area (Å²) in [7, 11) is 0. The normalized spacial score (nSPS) is 20.7. The Labute approximate surface area is 154 Å². The molecule has 2 aromatic rings. The monoisotopic (exact) mass is 357 g/mol. The van der Waals surface area contributed by atoms with Gasteiger partial charge in [0, 0.05) is 24.5 Å². The van der Waals surface area contributed by atoms with Gasteiger partial charge in [-0.1, -0.05) is 23.9 Å². The average molecular weight is 358 g/mol. The molecule has 1 fully saturated rings. The third kappa shape index (κ3) is 3.76. The minimum absolute atomic E-state index is 0.222. The summed E-state index contributed by atoms with van der Waals surface area (Å²) in [5, 5.41) is 0.874. The van der Waals surface area contributed by atoms with Crippen LogP contribution in [-0.4, -0.2) is 38.2 Å². The molecule has 0 saturated carbocycles. The largest absolute Gasteiger partial charge is 0.337 e. The minimum Gasteiger partial charge on any atom is -0.337 e. The fourth-order valence-electron chi connectivity index (χ4n) is 3.69. The summed E-state index contributed by atoms with van der Waals surface area (Å²) in [6.45, 7) is 8.57. The molecule has 3 rings (SSSR count). The highest BCUT2D eigenvalue weighted by Crippen LogP contribution is 2.27. The fraction of sp³-hybridized carbons (Fsp3) is 0.500. The van der Waals surface area contributed by atoms with Gasteiger partial charge in [-0.2, -0.15) is 0 Å². The number of carbonyl (C=O) groups is 1. The number of amides is 1. The molecule has 2 unspecified atom stereocenters. The maximum absolute atomic E-state index is 12.8. The van der Waals surface area contributed by atoms with Crippen molar-refractivity contribution in [1.29, 1.82) is 0 Å². The van der Waals surface area contributed by atoms with E-state index in [4.69, 9.17) is 0 Å². The minimum atomic E-state index is 0.222. The lowest BCUT2D eigenvalue weighted by Gasteiger charge is -2.39. The molecule has 0 bridgehead atoms. The highest BCUT2D eigenvalue weighted by atomic mass is 32.2. The molecule has 1 aromatic heterocycles. The molecule has 1 aliphatic heterocycles. The molecule has 4 nitrogen and oxygen atoms in total. The van der Waals surface area contributed by atoms with Gasteiger partial charge in [-0.05, 0) is 64.2 Å². The number of aryl methyl sites for hydroxylation is 1. The van der Waals surface area contributed by atoms with Crippen LogP contribution in [0.25, 0.3) is 5.69 Å². The van der Waals surface area contributed by atoms with E-state index in [2.05, 4.69) is 60.3 Å². The van der Waals surface area contributed by atoms with Gasteiger partial charge >= 0.3 is 0 Å². The maximum atomic E-state index is 12.8. The van der Waals surface area contributed by atoms with Crippen LogP contribution in [0.4, 0.5) is 0 Å². The zero-order valence-corrected chi connectivity index (χ0v) is 16.3. The van der Waals surface area contributed by atoms with Gasteiger partial charge in [-0.3, -0.25) is 9.36 Å². The maximum Gasteiger partial charge on any atom is 0.233 e. The summed E-state index contributed by atoms with van der Waals surface area (Å²) in [6.07, 6.45) is 7.22. The highest BCUT2D eigenvalue weighted by molar-refractivity contribution is 7.99. The van der Waals surface area contributed by atoms with Gasteiger partial charge in [-0.15, -0.1) is 0 Å². The van der Waals surface area contributed by atoms with E-state index in [1.165, 1.54) is 29.3 Å². The Morgan fingerprint density at radius 1 is 1.24 bits per heavy atom. The number of imidazole rings is 1. The molecule has 134 valence electrons. The van der Waals surface area contributed by atoms with Gasteiger partial charge in [0.25, 0.3) is 0 Å². The first kappa shape index (κ1) is 18.1. The number of likely N-dealkylation sites (tertiary alicyclic amines) is 1. The van der Waals surface area contributed by atoms with Crippen molar-refractivity contribution < 1.29 is 4.79 Å². The van der Waals surface area contributed by atoms with E-state index in [1.807, 2.05) is 6.20 Å². The smallest absolute Gasteiger partial charge is 0.233 e. The van der Waals surface area contributed by atoms with Crippen molar-refractivity contribution in [3.8, 4) is 5.69 Å². The summed E-state index contributed by atoms with van der Waals surface area (Å²) in [5.74, 6) is 0.663. The Balaban J connectivity index is 1.74. The van der Waals surface area contributed by atoms with Crippen LogP contribution >= 0.6 is 11.8 Å². The molecular weight excluding hydrogens is 330 g/mol. The molecule has 2 atom stereocenters. The van der Waals surface area contributed by atoms with Crippen LogP contribution in [0.15, 0.2) is 35.7 Å². The van der Waals surface area contributed by atoms with Crippen LogP contribution in [-0.2, 0) is 4.79 Å². The number of carbonyl (C=O) groups excluding carboxylic acids is 1. The molecule has 25 heavy (non-hydrogen) atoms. The molecule has 1 saturated heterocycles. The Kier molecular flexibility index (Phi) is 5.52. The molecule has 1 aliphatic rings. The van der Waals surface area contributed by atoms with Crippen molar-refractivity contribution in [2.24, 2.45) is 0 Å². The van der Waals surface area contributed by atoms with Gasteiger partial charge in [-0.25, -0.2) is 4.98 Å². The lowest BCUT2D eigenvalue weighted by molar-refractivity contribution is -0.134. The van der Waals surface area contributed by atoms with Gasteiger partial charge in [0.15, 0.2) is 5.16 Å². The second kappa shape index (κ2) is 7.65. The predicted molar refractivity (Wildman–Crippen MR) is 103 cm³/mol. The molecule has 1 aromatic carbocycles. The average Bonchev–Trinajstić information content (AvgIpc) is 3.03. The van der Waals surface area contributed by atoms with Crippen LogP contribution in [0.2, 0.25) is 0 Å². The lowest BCUT2D eigenvalue weighted by Crippen LogP contribution is -2.48. The van der Waals surface area contributed by atoms with Crippen molar-refractivity contribution in [2.75, 3.05) is 5.75 Å². The van der Waals surface area contributed by atoms with E-state index >= 15 is 0 Å². The van der Waals surface area contributed by atoms with E-state index in [0.29, 0.717) is 17.8 Å². The third-order valence-corrected chi connectivity index (χ3v) is 6.20. The van der Waals surface area contributed by atoms with Gasteiger partial charge in [0.1, 0.15) is 0 Å². The first-order valence-corrected chi connectivity index (χ1v) is 10.0. The number of nitrogens with zero attached hydrogens (tertiary/aromatic N) is 3. The molecule has 5 heteroatoms. The topological polar surface area (TPSA) is 38.1 Å². The van der Waals surface area contributed by atoms with E-state index in [-0.39, 0.29) is 5.91 Å². The number of hydrogen-bond donors (Lipinski definition) is 0. The zero-order chi connectivity index (χ0) is 18.0. The van der Waals surface area contributed by atoms with E-state index in [0.717, 1.165) is 23.7 Å². The molecule has 0 radical (unpaired) electrons. The molecule has 0 N–H and O–H groups in total. The Morgan fingerprint density at radius 2 is 1.96 bits per heavy atom. The highest BCUT2D eigenvalue weighted by Gasteiger charge is 2.28. The number of thioether (sulfide) groups is 1. The van der Waals surface area contributed by atoms with Crippen molar-refractivity contribution >= 4 is 17.7 Å². The predicted octanol–water partition coefficient (Wildman–Crippen LogP) is 4.37. The zero-order valence-electron chi connectivity index (χ0n) is 15.5. The Hall–Kier alpha value is -1.75. The molecule has 2 heterocycles. The first-order valence-electron chi connectivity index (χ1n) is 9.03. The standard InChI is InChI=1S/C20H27N3OS/c1-14-7-5-10-18(17(14)4)22-12-11-21-20(22)25-13-19(24)23-15(2)8-6-9-16(23)3/h5,7,10-12,15-16H,6,8-9,13H2,1-4H3. The van der Waals surface area contributed by atoms with Crippen molar-refractivity contribution in [2.45, 2.75) is 64.2 Å². The van der Waals surface area contributed by atoms with Crippen molar-refractivity contribution in [3.05, 3.63) is 41.7 Å². The van der Waals surface area contributed by atoms with E-state index < -0.39 is 0 Å². The molecule has 0 spiro atoms. The molecule has 0 aliphatic carbocycles. The van der Waals surface area contributed by atoms with Crippen molar-refractivity contribution in [3.63, 3.8) is 0 Å². The summed E-state index contributed by atoms with van der Waals surface area (Å²) in [5.41, 5.74) is 3.63. The summed E-state index contributed by atoms with van der Waals surface area (Å²) < 4.78 is 2.09. The summed E-state index contributed by atoms with van der Waals surface area (Å²) in [6, 6.07) is 6.97. The van der Waals surface area contributed by atoms with E-state index in [9.17, 15) is 4.79 Å². The number of rotatable bonds is 4. The van der Waals surface area contributed by atoms with Crippen LogP contribution < -0.4 is 0 Å². The van der Waals surface area contributed by atoms with Crippen LogP contribution in [0.1, 0.15) is 44.2 Å². The number of aromatic nitrogens is 2. The van der Waals surface area contributed by atoms with Gasteiger partial charge in [0.05, 0.1) is 11.4 Å². The first-order chi connectivity index (χ1) is 12.0. The quantitative estimate of drug-likeness (QED) is 0.763. The summed E-state index contributed by atoms with van der Waals surface area (Å²) >= 11 is 1.53. The van der Waals surface area contributed by atoms with Crippen LogP contribution in [0.5, 0.6) is 0 Å². The number of benzene rings is 1. The van der Waals surface area contributed by atoms with Crippen LogP contribution in [0.3, 0.4) is 0 Å². The Morgan fingerprint density at radius 3 is 2.68 bits per heavy atom. The SMILES string of the molecule is Cc1cccc(-n2ccnc2SCC(=O)N2C(C)CCCC2C)c1C. The third-order valence-electron chi connectivity index (χ3n) is 5.25. The molecular formula is C20H27N3OS. The Bertz CT molecular complexity index is 745. The fourth-order valence-corrected chi connectivity index (χ4v) is 4.53. The van der Waals surface area contributed by atoms with Crippen molar-refractivity contribution in [1.82, 2.24) is 14.5 Å². The molecule has 1 amide bonds. The second-order valence-electron chi connectivity index (χ2n) is 7.02. The van der Waals surface area contributed by atoms with Gasteiger partial charge in [0.2, 0.25) is 5.91 Å². The second-order valence-corrected chi connectivity index (χ2v) is 7.96. The number of hydrogen-bond acceptors (Lipinski definition) is 3. The van der Waals surface area contributed by atoms with E-state index in [1.54, 1.807) is 6.20 Å². The lowest BCUT2D eigenvalue weighted by atomic mass is 9.98. The van der Waals surface area contributed by atoms with Crippen LogP contribution in [0, 0.1) is 13.8 Å².